The summed E-state index contributed by atoms with van der Waals surface area (Å²) in [5.74, 6) is 2.04. The summed E-state index contributed by atoms with van der Waals surface area (Å²) in [4.78, 5) is 22.1. The van der Waals surface area contributed by atoms with Gasteiger partial charge in [0.15, 0.2) is 5.76 Å². The number of halogens is 1. The molecule has 0 saturated carbocycles. The van der Waals surface area contributed by atoms with Gasteiger partial charge < -0.3 is 14.3 Å². The Hall–Kier alpha value is -2.53. The fraction of sp³-hybridized carbons (Fsp3) is 0.263. The van der Waals surface area contributed by atoms with E-state index >= 15 is 0 Å². The number of amides is 1. The molecule has 0 unspecified atom stereocenters. The molecule has 25 heavy (non-hydrogen) atoms. The molecule has 1 aromatic carbocycles. The Bertz CT molecular complexity index is 872. The smallest absolute Gasteiger partial charge is 0.289 e. The number of rotatable bonds is 3. The molecule has 0 spiro atoms. The van der Waals surface area contributed by atoms with Crippen LogP contribution in [-0.2, 0) is 0 Å². The number of imidazole rings is 1. The molecular formula is C19H18ClN3O2. The molecule has 3 aromatic rings. The average Bonchev–Trinajstić information content (AvgIpc) is 3.34. The predicted molar refractivity (Wildman–Crippen MR) is 95.6 cm³/mol. The van der Waals surface area contributed by atoms with E-state index in [4.69, 9.17) is 16.0 Å². The minimum atomic E-state index is -0.0884. The minimum absolute atomic E-state index is 0.0884. The van der Waals surface area contributed by atoms with Gasteiger partial charge in [-0.25, -0.2) is 4.98 Å². The van der Waals surface area contributed by atoms with Gasteiger partial charge in [0.25, 0.3) is 5.91 Å². The third-order valence-corrected chi connectivity index (χ3v) is 4.90. The molecule has 4 rings (SSSR count). The Labute approximate surface area is 150 Å². The monoisotopic (exact) mass is 355 g/mol. The van der Waals surface area contributed by atoms with Gasteiger partial charge in [-0.15, -0.1) is 0 Å². The largest absolute Gasteiger partial charge is 0.451 e. The maximum absolute atomic E-state index is 12.8. The standard InChI is InChI=1S/C19H18ClN3O2/c20-15-6-2-1-5-14(15)16-7-8-17(25-16)19(24)23-11-3-4-13(12-23)18-21-9-10-22-18/h1-2,5-10,13H,3-4,11-12H2,(H,21,22)/t13-/m1/s1. The third-order valence-electron chi connectivity index (χ3n) is 4.57. The van der Waals surface area contributed by atoms with Crippen molar-refractivity contribution in [3.8, 4) is 11.3 Å². The van der Waals surface area contributed by atoms with Crippen LogP contribution >= 0.6 is 11.6 Å². The molecule has 1 aliphatic heterocycles. The van der Waals surface area contributed by atoms with Gasteiger partial charge in [-0.05, 0) is 37.1 Å². The summed E-state index contributed by atoms with van der Waals surface area (Å²) in [6.07, 6.45) is 5.55. The first-order valence-electron chi connectivity index (χ1n) is 8.35. The van der Waals surface area contributed by atoms with Crippen molar-refractivity contribution in [3.63, 3.8) is 0 Å². The molecule has 2 aromatic heterocycles. The van der Waals surface area contributed by atoms with Gasteiger partial charge in [0.2, 0.25) is 0 Å². The highest BCUT2D eigenvalue weighted by Gasteiger charge is 2.28. The molecule has 3 heterocycles. The first-order valence-corrected chi connectivity index (χ1v) is 8.73. The van der Waals surface area contributed by atoms with Crippen molar-refractivity contribution in [2.24, 2.45) is 0 Å². The van der Waals surface area contributed by atoms with E-state index in [1.165, 1.54) is 0 Å². The summed E-state index contributed by atoms with van der Waals surface area (Å²) < 4.78 is 5.79. The van der Waals surface area contributed by atoms with E-state index in [1.54, 1.807) is 24.4 Å². The van der Waals surface area contributed by atoms with Gasteiger partial charge in [-0.2, -0.15) is 0 Å². The summed E-state index contributed by atoms with van der Waals surface area (Å²) in [5, 5.41) is 0.603. The second-order valence-corrected chi connectivity index (χ2v) is 6.62. The molecule has 1 atom stereocenters. The van der Waals surface area contributed by atoms with Crippen molar-refractivity contribution in [2.75, 3.05) is 13.1 Å². The number of nitrogens with zero attached hydrogens (tertiary/aromatic N) is 2. The van der Waals surface area contributed by atoms with Crippen LogP contribution in [0.4, 0.5) is 0 Å². The van der Waals surface area contributed by atoms with Crippen LogP contribution in [-0.4, -0.2) is 33.9 Å². The zero-order valence-corrected chi connectivity index (χ0v) is 14.4. The molecule has 128 valence electrons. The van der Waals surface area contributed by atoms with Crippen molar-refractivity contribution >= 4 is 17.5 Å². The number of likely N-dealkylation sites (tertiary alicyclic amines) is 1. The number of furan rings is 1. The second-order valence-electron chi connectivity index (χ2n) is 6.21. The van der Waals surface area contributed by atoms with E-state index < -0.39 is 0 Å². The highest BCUT2D eigenvalue weighted by atomic mass is 35.5. The molecule has 1 amide bonds. The van der Waals surface area contributed by atoms with Crippen molar-refractivity contribution < 1.29 is 9.21 Å². The van der Waals surface area contributed by atoms with E-state index in [9.17, 15) is 4.79 Å². The molecular weight excluding hydrogens is 338 g/mol. The Kier molecular flexibility index (Phi) is 4.32. The second kappa shape index (κ2) is 6.76. The Morgan fingerprint density at radius 3 is 2.96 bits per heavy atom. The summed E-state index contributed by atoms with van der Waals surface area (Å²) >= 11 is 6.21. The summed E-state index contributed by atoms with van der Waals surface area (Å²) in [6, 6.07) is 11.0. The first-order chi connectivity index (χ1) is 12.2. The van der Waals surface area contributed by atoms with Crippen LogP contribution in [0.3, 0.4) is 0 Å². The van der Waals surface area contributed by atoms with E-state index in [0.29, 0.717) is 23.1 Å². The lowest BCUT2D eigenvalue weighted by Gasteiger charge is -2.31. The van der Waals surface area contributed by atoms with E-state index in [1.807, 2.05) is 29.3 Å². The zero-order valence-electron chi connectivity index (χ0n) is 13.6. The maximum atomic E-state index is 12.8. The number of benzene rings is 1. The van der Waals surface area contributed by atoms with Gasteiger partial charge in [0.05, 0.1) is 5.02 Å². The summed E-state index contributed by atoms with van der Waals surface area (Å²) in [7, 11) is 0. The molecule has 0 aliphatic carbocycles. The van der Waals surface area contributed by atoms with E-state index in [0.717, 1.165) is 30.8 Å². The molecule has 6 heteroatoms. The van der Waals surface area contributed by atoms with Crippen molar-refractivity contribution in [3.05, 3.63) is 65.4 Å². The Morgan fingerprint density at radius 2 is 2.16 bits per heavy atom. The lowest BCUT2D eigenvalue weighted by Crippen LogP contribution is -2.39. The van der Waals surface area contributed by atoms with E-state index in [2.05, 4.69) is 9.97 Å². The topological polar surface area (TPSA) is 62.1 Å². The molecule has 1 aliphatic rings. The van der Waals surface area contributed by atoms with Crippen molar-refractivity contribution in [1.82, 2.24) is 14.9 Å². The number of aromatic nitrogens is 2. The fourth-order valence-corrected chi connectivity index (χ4v) is 3.53. The lowest BCUT2D eigenvalue weighted by atomic mass is 9.97. The van der Waals surface area contributed by atoms with Crippen LogP contribution in [0.15, 0.2) is 53.2 Å². The highest BCUT2D eigenvalue weighted by molar-refractivity contribution is 6.33. The molecule has 1 fully saturated rings. The predicted octanol–water partition coefficient (Wildman–Crippen LogP) is 4.34. The number of piperidine rings is 1. The number of aromatic amines is 1. The Morgan fingerprint density at radius 1 is 1.28 bits per heavy atom. The minimum Gasteiger partial charge on any atom is -0.451 e. The molecule has 5 nitrogen and oxygen atoms in total. The average molecular weight is 356 g/mol. The van der Waals surface area contributed by atoms with Crippen molar-refractivity contribution in [2.45, 2.75) is 18.8 Å². The van der Waals surface area contributed by atoms with Crippen molar-refractivity contribution in [1.29, 1.82) is 0 Å². The van der Waals surface area contributed by atoms with Gasteiger partial charge in [0.1, 0.15) is 11.6 Å². The van der Waals surface area contributed by atoms with Gasteiger partial charge in [-0.3, -0.25) is 4.79 Å². The summed E-state index contributed by atoms with van der Waals surface area (Å²) in [5.41, 5.74) is 0.787. The van der Waals surface area contributed by atoms with Crippen LogP contribution in [0.5, 0.6) is 0 Å². The zero-order chi connectivity index (χ0) is 17.2. The normalized spacial score (nSPS) is 17.6. The number of carbonyl (C=O) groups excluding carboxylic acids is 1. The highest BCUT2D eigenvalue weighted by Crippen LogP contribution is 2.30. The first kappa shape index (κ1) is 16.0. The number of H-pyrrole nitrogens is 1. The number of hydrogen-bond donors (Lipinski definition) is 1. The number of hydrogen-bond acceptors (Lipinski definition) is 3. The lowest BCUT2D eigenvalue weighted by molar-refractivity contribution is 0.0673. The van der Waals surface area contributed by atoms with Crippen LogP contribution in [0.2, 0.25) is 5.02 Å². The quantitative estimate of drug-likeness (QED) is 0.760. The van der Waals surface area contributed by atoms with Crippen LogP contribution in [0.25, 0.3) is 11.3 Å². The van der Waals surface area contributed by atoms with E-state index in [-0.39, 0.29) is 11.8 Å². The molecule has 1 saturated heterocycles. The van der Waals surface area contributed by atoms with Crippen LogP contribution in [0, 0.1) is 0 Å². The third kappa shape index (κ3) is 3.20. The van der Waals surface area contributed by atoms with Gasteiger partial charge >= 0.3 is 0 Å². The molecule has 0 bridgehead atoms. The summed E-state index contributed by atoms with van der Waals surface area (Å²) in [6.45, 7) is 1.38. The number of carbonyl (C=O) groups is 1. The van der Waals surface area contributed by atoms with Gasteiger partial charge in [0, 0.05) is 37.0 Å². The molecule has 0 radical (unpaired) electrons. The molecule has 1 N–H and O–H groups in total. The van der Waals surface area contributed by atoms with Crippen LogP contribution < -0.4 is 0 Å². The maximum Gasteiger partial charge on any atom is 0.289 e. The Balaban J connectivity index is 1.52. The van der Waals surface area contributed by atoms with Gasteiger partial charge in [-0.1, -0.05) is 23.7 Å². The fourth-order valence-electron chi connectivity index (χ4n) is 3.30. The SMILES string of the molecule is O=C(c1ccc(-c2ccccc2Cl)o1)N1CCC[C@@H](c2ncc[nH]2)C1. The number of nitrogens with one attached hydrogen (secondary N) is 1. The van der Waals surface area contributed by atoms with Crippen LogP contribution in [0.1, 0.15) is 35.1 Å².